The average molecular weight is 254 g/mol. The number of aromatic nitrogens is 4. The molecule has 2 aromatic rings. The summed E-state index contributed by atoms with van der Waals surface area (Å²) in [6.07, 6.45) is 2.81. The van der Waals surface area contributed by atoms with Crippen LogP contribution < -0.4 is 5.56 Å². The lowest BCUT2D eigenvalue weighted by atomic mass is 10.2. The first kappa shape index (κ1) is 10.2. The Bertz CT molecular complexity index is 603. The summed E-state index contributed by atoms with van der Waals surface area (Å²) in [6, 6.07) is 0. The van der Waals surface area contributed by atoms with E-state index < -0.39 is 0 Å². The molecular weight excluding hydrogens is 244 g/mol. The SMILES string of the molecule is CSc1nc2[nH]c(=O)c3c(n2n1)CCSC3. The molecule has 0 saturated carbocycles. The molecular formula is C9H10N4OS2. The van der Waals surface area contributed by atoms with Crippen molar-refractivity contribution in [2.45, 2.75) is 17.3 Å². The van der Waals surface area contributed by atoms with Crippen molar-refractivity contribution in [2.75, 3.05) is 12.0 Å². The van der Waals surface area contributed by atoms with E-state index >= 15 is 0 Å². The minimum absolute atomic E-state index is 0.0187. The Morgan fingerprint density at radius 3 is 3.25 bits per heavy atom. The molecule has 1 aliphatic heterocycles. The van der Waals surface area contributed by atoms with Crippen LogP contribution in [0.5, 0.6) is 0 Å². The highest BCUT2D eigenvalue weighted by molar-refractivity contribution is 7.98. The lowest BCUT2D eigenvalue weighted by molar-refractivity contribution is 0.794. The summed E-state index contributed by atoms with van der Waals surface area (Å²) in [5.74, 6) is 2.37. The Morgan fingerprint density at radius 2 is 2.44 bits per heavy atom. The number of hydrogen-bond donors (Lipinski definition) is 1. The number of nitrogens with zero attached hydrogens (tertiary/aromatic N) is 3. The molecule has 0 bridgehead atoms. The third-order valence-corrected chi connectivity index (χ3v) is 4.13. The molecule has 5 nitrogen and oxygen atoms in total. The summed E-state index contributed by atoms with van der Waals surface area (Å²) in [6.45, 7) is 0. The minimum atomic E-state index is -0.0187. The fourth-order valence-corrected chi connectivity index (χ4v) is 3.16. The third kappa shape index (κ3) is 1.46. The smallest absolute Gasteiger partial charge is 0.256 e. The van der Waals surface area contributed by atoms with Crippen LogP contribution in [-0.2, 0) is 12.2 Å². The maximum absolute atomic E-state index is 11.8. The molecule has 0 aliphatic carbocycles. The number of hydrogen-bond acceptors (Lipinski definition) is 5. The first-order valence-corrected chi connectivity index (χ1v) is 7.30. The fraction of sp³-hybridized carbons (Fsp3) is 0.444. The van der Waals surface area contributed by atoms with Gasteiger partial charge in [0.2, 0.25) is 10.9 Å². The summed E-state index contributed by atoms with van der Waals surface area (Å²) in [7, 11) is 0. The molecule has 3 heterocycles. The highest BCUT2D eigenvalue weighted by Gasteiger charge is 2.18. The van der Waals surface area contributed by atoms with Crippen LogP contribution in [0.3, 0.4) is 0 Å². The van der Waals surface area contributed by atoms with E-state index in [-0.39, 0.29) is 5.56 Å². The highest BCUT2D eigenvalue weighted by Crippen LogP contribution is 2.22. The molecule has 0 fully saturated rings. The fourth-order valence-electron chi connectivity index (χ4n) is 1.83. The van der Waals surface area contributed by atoms with Crippen LogP contribution in [0.2, 0.25) is 0 Å². The van der Waals surface area contributed by atoms with Gasteiger partial charge in [0.05, 0.1) is 5.69 Å². The van der Waals surface area contributed by atoms with Crippen molar-refractivity contribution >= 4 is 29.3 Å². The third-order valence-electron chi connectivity index (χ3n) is 2.60. The van der Waals surface area contributed by atoms with E-state index in [4.69, 9.17) is 0 Å². The standard InChI is InChI=1S/C9H10N4OS2/c1-15-9-11-8-10-7(14)5-4-16-3-2-6(5)13(8)12-9/h2-4H2,1H3,(H,10,11,12,14). The number of nitrogens with one attached hydrogen (secondary N) is 1. The number of rotatable bonds is 1. The molecule has 16 heavy (non-hydrogen) atoms. The van der Waals surface area contributed by atoms with Crippen LogP contribution in [0, 0.1) is 0 Å². The number of fused-ring (bicyclic) bond motifs is 3. The van der Waals surface area contributed by atoms with E-state index in [0.717, 1.165) is 29.2 Å². The highest BCUT2D eigenvalue weighted by atomic mass is 32.2. The number of aromatic amines is 1. The topological polar surface area (TPSA) is 63.0 Å². The van der Waals surface area contributed by atoms with Crippen LogP contribution in [0.15, 0.2) is 9.95 Å². The summed E-state index contributed by atoms with van der Waals surface area (Å²) < 4.78 is 1.78. The van der Waals surface area contributed by atoms with Gasteiger partial charge >= 0.3 is 0 Å². The molecule has 1 aliphatic rings. The van der Waals surface area contributed by atoms with E-state index in [9.17, 15) is 4.79 Å². The summed E-state index contributed by atoms with van der Waals surface area (Å²) in [5.41, 5.74) is 1.85. The largest absolute Gasteiger partial charge is 0.290 e. The number of aryl methyl sites for hydroxylation is 1. The summed E-state index contributed by atoms with van der Waals surface area (Å²) in [4.78, 5) is 18.9. The Hall–Kier alpha value is -0.950. The maximum Gasteiger partial charge on any atom is 0.256 e. The Kier molecular flexibility index (Phi) is 2.44. The van der Waals surface area contributed by atoms with Gasteiger partial charge in [0.1, 0.15) is 0 Å². The van der Waals surface area contributed by atoms with Crippen LogP contribution in [0.25, 0.3) is 5.78 Å². The average Bonchev–Trinajstić information content (AvgIpc) is 2.72. The lowest BCUT2D eigenvalue weighted by Crippen LogP contribution is -2.22. The van der Waals surface area contributed by atoms with Crippen molar-refractivity contribution in [1.29, 1.82) is 0 Å². The van der Waals surface area contributed by atoms with Crippen molar-refractivity contribution < 1.29 is 0 Å². The zero-order valence-corrected chi connectivity index (χ0v) is 10.3. The first-order valence-electron chi connectivity index (χ1n) is 4.92. The Morgan fingerprint density at radius 1 is 1.56 bits per heavy atom. The molecule has 1 N–H and O–H groups in total. The van der Waals surface area contributed by atoms with Crippen LogP contribution >= 0.6 is 23.5 Å². The zero-order chi connectivity index (χ0) is 11.1. The Labute approximate surface area is 100 Å². The van der Waals surface area contributed by atoms with Crippen molar-refractivity contribution in [3.8, 4) is 0 Å². The normalized spacial score (nSPS) is 15.3. The molecule has 84 valence electrons. The van der Waals surface area contributed by atoms with Gasteiger partial charge in [-0.05, 0) is 18.4 Å². The van der Waals surface area contributed by atoms with E-state index in [2.05, 4.69) is 15.1 Å². The van der Waals surface area contributed by atoms with E-state index in [1.165, 1.54) is 11.8 Å². The van der Waals surface area contributed by atoms with Gasteiger partial charge in [-0.25, -0.2) is 4.52 Å². The molecule has 0 aromatic carbocycles. The molecule has 0 unspecified atom stereocenters. The quantitative estimate of drug-likeness (QED) is 0.767. The monoisotopic (exact) mass is 254 g/mol. The van der Waals surface area contributed by atoms with Crippen molar-refractivity contribution in [3.05, 3.63) is 21.6 Å². The minimum Gasteiger partial charge on any atom is -0.290 e. The van der Waals surface area contributed by atoms with Crippen LogP contribution in [0.4, 0.5) is 0 Å². The van der Waals surface area contributed by atoms with Gasteiger partial charge in [-0.15, -0.1) is 5.10 Å². The van der Waals surface area contributed by atoms with Crippen molar-refractivity contribution in [3.63, 3.8) is 0 Å². The molecule has 7 heteroatoms. The second-order valence-electron chi connectivity index (χ2n) is 3.52. The predicted molar refractivity (Wildman–Crippen MR) is 65.3 cm³/mol. The second-order valence-corrected chi connectivity index (χ2v) is 5.39. The van der Waals surface area contributed by atoms with Crippen molar-refractivity contribution in [1.82, 2.24) is 19.6 Å². The number of thioether (sulfide) groups is 2. The van der Waals surface area contributed by atoms with Gasteiger partial charge in [-0.2, -0.15) is 16.7 Å². The molecule has 0 amide bonds. The molecule has 2 aromatic heterocycles. The van der Waals surface area contributed by atoms with Gasteiger partial charge < -0.3 is 0 Å². The second kappa shape index (κ2) is 3.81. The molecule has 3 rings (SSSR count). The van der Waals surface area contributed by atoms with Gasteiger partial charge in [0.15, 0.2) is 0 Å². The summed E-state index contributed by atoms with van der Waals surface area (Å²) >= 11 is 3.27. The van der Waals surface area contributed by atoms with E-state index in [0.29, 0.717) is 10.9 Å². The molecule has 0 atom stereocenters. The van der Waals surface area contributed by atoms with Gasteiger partial charge in [0, 0.05) is 11.3 Å². The Balaban J connectivity index is 2.35. The van der Waals surface area contributed by atoms with Crippen LogP contribution in [-0.4, -0.2) is 31.6 Å². The number of H-pyrrole nitrogens is 1. The molecule has 0 spiro atoms. The lowest BCUT2D eigenvalue weighted by Gasteiger charge is -2.14. The van der Waals surface area contributed by atoms with Gasteiger partial charge in [-0.1, -0.05) is 11.8 Å². The maximum atomic E-state index is 11.8. The van der Waals surface area contributed by atoms with E-state index in [1.54, 1.807) is 16.3 Å². The van der Waals surface area contributed by atoms with Gasteiger partial charge in [0.25, 0.3) is 5.56 Å². The molecule has 0 saturated heterocycles. The van der Waals surface area contributed by atoms with Gasteiger partial charge in [-0.3, -0.25) is 9.78 Å². The van der Waals surface area contributed by atoms with Crippen molar-refractivity contribution in [2.24, 2.45) is 0 Å². The summed E-state index contributed by atoms with van der Waals surface area (Å²) in [5, 5.41) is 5.07. The zero-order valence-electron chi connectivity index (χ0n) is 8.69. The predicted octanol–water partition coefficient (Wildman–Crippen LogP) is 0.929. The van der Waals surface area contributed by atoms with E-state index in [1.807, 2.05) is 6.26 Å². The first-order chi connectivity index (χ1) is 7.79. The molecule has 0 radical (unpaired) electrons. The van der Waals surface area contributed by atoms with Crippen LogP contribution in [0.1, 0.15) is 11.3 Å².